The van der Waals surface area contributed by atoms with E-state index in [2.05, 4.69) is 6.92 Å². The number of primary amides is 1. The van der Waals surface area contributed by atoms with Crippen LogP contribution in [-0.4, -0.2) is 30.4 Å². The Balaban J connectivity index is 3.71. The van der Waals surface area contributed by atoms with Crippen LogP contribution in [0.3, 0.4) is 0 Å². The first-order valence-electron chi connectivity index (χ1n) is 4.08. The van der Waals surface area contributed by atoms with Crippen molar-refractivity contribution in [1.29, 1.82) is 5.26 Å². The van der Waals surface area contributed by atoms with Crippen molar-refractivity contribution in [2.24, 2.45) is 5.73 Å². The summed E-state index contributed by atoms with van der Waals surface area (Å²) in [7, 11) is 0. The van der Waals surface area contributed by atoms with E-state index in [4.69, 9.17) is 11.0 Å². The van der Waals surface area contributed by atoms with Gasteiger partial charge in [-0.05, 0) is 13.0 Å². The number of rotatable bonds is 6. The highest BCUT2D eigenvalue weighted by molar-refractivity contribution is 5.75. The topological polar surface area (TPSA) is 70.1 Å². The Morgan fingerprint density at radius 1 is 1.67 bits per heavy atom. The van der Waals surface area contributed by atoms with E-state index in [1.165, 1.54) is 0 Å². The molecule has 0 aromatic carbocycles. The molecule has 68 valence electrons. The highest BCUT2D eigenvalue weighted by Crippen LogP contribution is 1.93. The summed E-state index contributed by atoms with van der Waals surface area (Å²) in [6.07, 6.45) is 2.05. The Labute approximate surface area is 72.9 Å². The minimum Gasteiger partial charge on any atom is -0.369 e. The van der Waals surface area contributed by atoms with E-state index in [1.54, 1.807) is 4.90 Å². The zero-order chi connectivity index (χ0) is 9.40. The molecule has 0 rings (SSSR count). The molecule has 0 fully saturated rings. The van der Waals surface area contributed by atoms with Gasteiger partial charge in [0.2, 0.25) is 5.91 Å². The standard InChI is InChI=1S/C8H15N3O/c1-2-3-5-11(6-4-9)7-8(10)12/h2-3,5-7H2,1H3,(H2,10,12). The fourth-order valence-electron chi connectivity index (χ4n) is 0.916. The molecule has 0 bridgehead atoms. The van der Waals surface area contributed by atoms with E-state index in [0.29, 0.717) is 0 Å². The van der Waals surface area contributed by atoms with Gasteiger partial charge in [-0.3, -0.25) is 9.69 Å². The normalized spacial score (nSPS) is 9.75. The molecular formula is C8H15N3O. The van der Waals surface area contributed by atoms with E-state index in [1.807, 2.05) is 6.07 Å². The third-order valence-electron chi connectivity index (χ3n) is 1.50. The first-order chi connectivity index (χ1) is 5.70. The second-order valence-corrected chi connectivity index (χ2v) is 2.69. The summed E-state index contributed by atoms with van der Waals surface area (Å²) in [4.78, 5) is 12.3. The van der Waals surface area contributed by atoms with Crippen LogP contribution in [0.1, 0.15) is 19.8 Å². The van der Waals surface area contributed by atoms with Gasteiger partial charge >= 0.3 is 0 Å². The Bertz CT molecular complexity index is 174. The summed E-state index contributed by atoms with van der Waals surface area (Å²) >= 11 is 0. The molecule has 1 amide bonds. The molecule has 0 unspecified atom stereocenters. The Morgan fingerprint density at radius 3 is 2.75 bits per heavy atom. The number of carbonyl (C=O) groups is 1. The van der Waals surface area contributed by atoms with Gasteiger partial charge in [0.05, 0.1) is 19.2 Å². The van der Waals surface area contributed by atoms with Crippen LogP contribution in [0.25, 0.3) is 0 Å². The van der Waals surface area contributed by atoms with E-state index in [-0.39, 0.29) is 19.0 Å². The molecule has 0 saturated heterocycles. The highest BCUT2D eigenvalue weighted by atomic mass is 16.1. The van der Waals surface area contributed by atoms with Gasteiger partial charge in [-0.1, -0.05) is 13.3 Å². The maximum absolute atomic E-state index is 10.5. The van der Waals surface area contributed by atoms with Crippen molar-refractivity contribution in [2.75, 3.05) is 19.6 Å². The third kappa shape index (κ3) is 5.69. The molecule has 12 heavy (non-hydrogen) atoms. The molecule has 0 aromatic rings. The number of unbranched alkanes of at least 4 members (excludes halogenated alkanes) is 1. The summed E-state index contributed by atoms with van der Waals surface area (Å²) in [5.74, 6) is -0.374. The molecule has 0 atom stereocenters. The van der Waals surface area contributed by atoms with Crippen LogP contribution in [-0.2, 0) is 4.79 Å². The van der Waals surface area contributed by atoms with E-state index in [9.17, 15) is 4.79 Å². The van der Waals surface area contributed by atoms with Crippen molar-refractivity contribution in [3.63, 3.8) is 0 Å². The summed E-state index contributed by atoms with van der Waals surface area (Å²) < 4.78 is 0. The third-order valence-corrected chi connectivity index (χ3v) is 1.50. The Morgan fingerprint density at radius 2 is 2.33 bits per heavy atom. The number of amides is 1. The predicted octanol–water partition coefficient (Wildman–Crippen LogP) is 0.0974. The minimum atomic E-state index is -0.374. The van der Waals surface area contributed by atoms with Crippen LogP contribution in [0, 0.1) is 11.3 Å². The lowest BCUT2D eigenvalue weighted by Gasteiger charge is -2.15. The summed E-state index contributed by atoms with van der Waals surface area (Å²) in [6, 6.07) is 2.00. The number of nitrogens with zero attached hydrogens (tertiary/aromatic N) is 2. The van der Waals surface area contributed by atoms with Gasteiger partial charge < -0.3 is 5.73 Å². The molecule has 0 heterocycles. The van der Waals surface area contributed by atoms with E-state index in [0.717, 1.165) is 19.4 Å². The van der Waals surface area contributed by atoms with Crippen LogP contribution in [0.5, 0.6) is 0 Å². The van der Waals surface area contributed by atoms with Crippen LogP contribution >= 0.6 is 0 Å². The van der Waals surface area contributed by atoms with Crippen LogP contribution in [0.15, 0.2) is 0 Å². The summed E-state index contributed by atoms with van der Waals surface area (Å²) in [6.45, 7) is 3.30. The van der Waals surface area contributed by atoms with Crippen LogP contribution in [0.4, 0.5) is 0 Å². The number of hydrogen-bond acceptors (Lipinski definition) is 3. The molecule has 4 nitrogen and oxygen atoms in total. The monoisotopic (exact) mass is 169 g/mol. The minimum absolute atomic E-state index is 0.188. The van der Waals surface area contributed by atoms with Crippen molar-refractivity contribution in [1.82, 2.24) is 4.90 Å². The molecule has 2 N–H and O–H groups in total. The van der Waals surface area contributed by atoms with Gasteiger partial charge in [-0.15, -0.1) is 0 Å². The van der Waals surface area contributed by atoms with Gasteiger partial charge in [-0.2, -0.15) is 5.26 Å². The lowest BCUT2D eigenvalue weighted by Crippen LogP contribution is -2.34. The Hall–Kier alpha value is -1.08. The van der Waals surface area contributed by atoms with Gasteiger partial charge in [0, 0.05) is 0 Å². The summed E-state index contributed by atoms with van der Waals surface area (Å²) in [5, 5.41) is 8.41. The number of carbonyl (C=O) groups excluding carboxylic acids is 1. The van der Waals surface area contributed by atoms with Crippen molar-refractivity contribution >= 4 is 5.91 Å². The second-order valence-electron chi connectivity index (χ2n) is 2.69. The first-order valence-corrected chi connectivity index (χ1v) is 4.08. The zero-order valence-corrected chi connectivity index (χ0v) is 7.42. The smallest absolute Gasteiger partial charge is 0.231 e. The van der Waals surface area contributed by atoms with Crippen molar-refractivity contribution in [3.8, 4) is 6.07 Å². The van der Waals surface area contributed by atoms with Gasteiger partial charge in [0.15, 0.2) is 0 Å². The van der Waals surface area contributed by atoms with Gasteiger partial charge in [0.25, 0.3) is 0 Å². The maximum Gasteiger partial charge on any atom is 0.231 e. The molecule has 4 heteroatoms. The molecule has 0 aliphatic carbocycles. The molecule has 0 aliphatic rings. The SMILES string of the molecule is CCCCN(CC#N)CC(N)=O. The molecular weight excluding hydrogens is 154 g/mol. The summed E-state index contributed by atoms with van der Waals surface area (Å²) in [5.41, 5.74) is 5.01. The van der Waals surface area contributed by atoms with Crippen LogP contribution < -0.4 is 5.73 Å². The van der Waals surface area contributed by atoms with E-state index < -0.39 is 0 Å². The Kier molecular flexibility index (Phi) is 6.02. The molecule has 0 saturated carbocycles. The van der Waals surface area contributed by atoms with Crippen molar-refractivity contribution in [2.45, 2.75) is 19.8 Å². The average Bonchev–Trinajstić information content (AvgIpc) is 2.00. The maximum atomic E-state index is 10.5. The number of hydrogen-bond donors (Lipinski definition) is 1. The molecule has 0 aromatic heterocycles. The number of nitriles is 1. The van der Waals surface area contributed by atoms with E-state index >= 15 is 0 Å². The highest BCUT2D eigenvalue weighted by Gasteiger charge is 2.05. The predicted molar refractivity (Wildman–Crippen MR) is 46.2 cm³/mol. The second kappa shape index (κ2) is 6.62. The fraction of sp³-hybridized carbons (Fsp3) is 0.750. The fourth-order valence-corrected chi connectivity index (χ4v) is 0.916. The quantitative estimate of drug-likeness (QED) is 0.573. The van der Waals surface area contributed by atoms with Crippen molar-refractivity contribution in [3.05, 3.63) is 0 Å². The van der Waals surface area contributed by atoms with Crippen molar-refractivity contribution < 1.29 is 4.79 Å². The average molecular weight is 169 g/mol. The van der Waals surface area contributed by atoms with Crippen LogP contribution in [0.2, 0.25) is 0 Å². The molecule has 0 aliphatic heterocycles. The first kappa shape index (κ1) is 10.9. The molecule has 0 spiro atoms. The van der Waals surface area contributed by atoms with Gasteiger partial charge in [0.1, 0.15) is 0 Å². The van der Waals surface area contributed by atoms with Gasteiger partial charge in [-0.25, -0.2) is 0 Å². The number of nitrogens with two attached hydrogens (primary N) is 1. The lowest BCUT2D eigenvalue weighted by molar-refractivity contribution is -0.119. The lowest BCUT2D eigenvalue weighted by atomic mass is 10.3. The molecule has 0 radical (unpaired) electrons. The largest absolute Gasteiger partial charge is 0.369 e. The zero-order valence-electron chi connectivity index (χ0n) is 7.42.